The van der Waals surface area contributed by atoms with E-state index in [9.17, 15) is 19.2 Å². The van der Waals surface area contributed by atoms with Gasteiger partial charge >= 0.3 is 6.03 Å². The minimum atomic E-state index is -0.922. The van der Waals surface area contributed by atoms with Crippen LogP contribution in [0.5, 0.6) is 0 Å². The lowest BCUT2D eigenvalue weighted by Crippen LogP contribution is -2.56. The molecule has 0 aliphatic carbocycles. The molecular formula is C25H31N5O4S. The topological polar surface area (TPSA) is 112 Å². The summed E-state index contributed by atoms with van der Waals surface area (Å²) >= 11 is 1.54. The van der Waals surface area contributed by atoms with Gasteiger partial charge < -0.3 is 15.5 Å². The second kappa shape index (κ2) is 10.2. The predicted octanol–water partition coefficient (Wildman–Crippen LogP) is 3.21. The van der Waals surface area contributed by atoms with E-state index < -0.39 is 5.54 Å². The molecule has 10 heteroatoms. The maximum absolute atomic E-state index is 13.5. The highest BCUT2D eigenvalue weighted by Gasteiger charge is 2.54. The van der Waals surface area contributed by atoms with E-state index in [0.29, 0.717) is 56.6 Å². The molecule has 2 aliphatic heterocycles. The Morgan fingerprint density at radius 2 is 1.89 bits per heavy atom. The van der Waals surface area contributed by atoms with Crippen molar-refractivity contribution in [3.8, 4) is 0 Å². The average Bonchev–Trinajstić information content (AvgIpc) is 3.37. The fourth-order valence-electron chi connectivity index (χ4n) is 5.09. The molecule has 0 radical (unpaired) electrons. The molecule has 1 atom stereocenters. The molecule has 5 amide bonds. The van der Waals surface area contributed by atoms with Crippen molar-refractivity contribution in [2.45, 2.75) is 52.0 Å². The number of hydrogen-bond acceptors (Lipinski definition) is 6. The number of hydrogen-bond donors (Lipinski definition) is 2. The highest BCUT2D eigenvalue weighted by atomic mass is 32.1. The fourth-order valence-corrected chi connectivity index (χ4v) is 5.86. The molecule has 35 heavy (non-hydrogen) atoms. The number of urea groups is 1. The molecule has 2 aliphatic rings. The molecule has 9 nitrogen and oxygen atoms in total. The first-order valence-electron chi connectivity index (χ1n) is 11.9. The highest BCUT2D eigenvalue weighted by molar-refractivity contribution is 7.09. The lowest BCUT2D eigenvalue weighted by Gasteiger charge is -2.40. The van der Waals surface area contributed by atoms with E-state index in [1.807, 2.05) is 13.8 Å². The number of thiazole rings is 1. The molecule has 0 unspecified atom stereocenters. The molecule has 4 rings (SSSR count). The molecule has 0 bridgehead atoms. The summed E-state index contributed by atoms with van der Waals surface area (Å²) in [6.45, 7) is 6.67. The Balaban J connectivity index is 1.38. The Labute approximate surface area is 208 Å². The van der Waals surface area contributed by atoms with Crippen molar-refractivity contribution in [1.82, 2.24) is 20.1 Å². The van der Waals surface area contributed by atoms with Crippen LogP contribution in [-0.4, -0.2) is 63.7 Å². The van der Waals surface area contributed by atoms with Gasteiger partial charge in [-0.15, -0.1) is 11.3 Å². The molecule has 2 N–H and O–H groups in total. The summed E-state index contributed by atoms with van der Waals surface area (Å²) in [4.78, 5) is 58.9. The number of anilines is 1. The largest absolute Gasteiger partial charge is 0.339 e. The van der Waals surface area contributed by atoms with Crippen LogP contribution in [-0.2, 0) is 16.0 Å². The van der Waals surface area contributed by atoms with Crippen molar-refractivity contribution in [2.75, 3.05) is 25.0 Å². The number of aromatic nitrogens is 1. The Morgan fingerprint density at radius 1 is 1.20 bits per heavy atom. The zero-order valence-electron chi connectivity index (χ0n) is 20.3. The number of nitrogens with one attached hydrogen (secondary N) is 2. The number of piperidine rings is 1. The van der Waals surface area contributed by atoms with E-state index in [2.05, 4.69) is 15.6 Å². The van der Waals surface area contributed by atoms with Crippen molar-refractivity contribution < 1.29 is 19.2 Å². The highest BCUT2D eigenvalue weighted by Crippen LogP contribution is 2.36. The SMILES string of the molecule is CC[C@@]1(C2CCN(C(=O)c3ccc(NC(C)=O)cc3)CC2)NC(=O)N(CCc2scnc2C)C1=O. The monoisotopic (exact) mass is 497 g/mol. The Morgan fingerprint density at radius 3 is 2.46 bits per heavy atom. The minimum Gasteiger partial charge on any atom is -0.339 e. The third-order valence-corrected chi connectivity index (χ3v) is 8.09. The molecule has 2 aromatic rings. The van der Waals surface area contributed by atoms with Crippen LogP contribution in [0.2, 0.25) is 0 Å². The molecule has 0 saturated carbocycles. The van der Waals surface area contributed by atoms with Crippen LogP contribution < -0.4 is 10.6 Å². The van der Waals surface area contributed by atoms with Gasteiger partial charge in [-0.25, -0.2) is 9.78 Å². The number of amides is 5. The summed E-state index contributed by atoms with van der Waals surface area (Å²) in [5.41, 5.74) is 2.99. The van der Waals surface area contributed by atoms with Crippen molar-refractivity contribution in [3.63, 3.8) is 0 Å². The molecular weight excluding hydrogens is 466 g/mol. The van der Waals surface area contributed by atoms with Crippen LogP contribution in [0.3, 0.4) is 0 Å². The lowest BCUT2D eigenvalue weighted by molar-refractivity contribution is -0.134. The predicted molar refractivity (Wildman–Crippen MR) is 133 cm³/mol. The van der Waals surface area contributed by atoms with Gasteiger partial charge in [-0.05, 0) is 56.4 Å². The molecule has 1 aromatic carbocycles. The van der Waals surface area contributed by atoms with E-state index in [1.165, 1.54) is 23.2 Å². The van der Waals surface area contributed by atoms with Gasteiger partial charge in [-0.1, -0.05) is 6.92 Å². The maximum atomic E-state index is 13.5. The normalized spacial score (nSPS) is 20.8. The van der Waals surface area contributed by atoms with Gasteiger partial charge in [0.05, 0.1) is 11.2 Å². The molecule has 2 saturated heterocycles. The van der Waals surface area contributed by atoms with E-state index in [4.69, 9.17) is 0 Å². The van der Waals surface area contributed by atoms with E-state index in [1.54, 1.807) is 34.7 Å². The van der Waals surface area contributed by atoms with Crippen LogP contribution >= 0.6 is 11.3 Å². The fraction of sp³-hybridized carbons (Fsp3) is 0.480. The van der Waals surface area contributed by atoms with Gasteiger partial charge in [0.1, 0.15) is 5.54 Å². The third-order valence-electron chi connectivity index (χ3n) is 7.10. The molecule has 186 valence electrons. The molecule has 0 spiro atoms. The Kier molecular flexibility index (Phi) is 7.20. The molecule has 3 heterocycles. The summed E-state index contributed by atoms with van der Waals surface area (Å²) in [6, 6.07) is 6.50. The van der Waals surface area contributed by atoms with E-state index in [-0.39, 0.29) is 29.7 Å². The third kappa shape index (κ3) is 4.93. The zero-order chi connectivity index (χ0) is 25.2. The summed E-state index contributed by atoms with van der Waals surface area (Å²) in [5.74, 6) is -0.440. The second-order valence-corrected chi connectivity index (χ2v) is 10.1. The number of aryl methyl sites for hydroxylation is 1. The molecule has 2 fully saturated rings. The smallest absolute Gasteiger partial charge is 0.325 e. The van der Waals surface area contributed by atoms with Crippen LogP contribution in [0.4, 0.5) is 10.5 Å². The van der Waals surface area contributed by atoms with Gasteiger partial charge in [0, 0.05) is 49.1 Å². The van der Waals surface area contributed by atoms with Gasteiger partial charge in [0.15, 0.2) is 0 Å². The first-order valence-corrected chi connectivity index (χ1v) is 12.8. The number of benzene rings is 1. The average molecular weight is 498 g/mol. The number of nitrogens with zero attached hydrogens (tertiary/aromatic N) is 3. The first-order chi connectivity index (χ1) is 16.7. The summed E-state index contributed by atoms with van der Waals surface area (Å²) < 4.78 is 0. The second-order valence-electron chi connectivity index (χ2n) is 9.15. The first kappa shape index (κ1) is 24.8. The van der Waals surface area contributed by atoms with Gasteiger partial charge in [-0.2, -0.15) is 0 Å². The quantitative estimate of drug-likeness (QED) is 0.571. The van der Waals surface area contributed by atoms with Crippen LogP contribution in [0, 0.1) is 12.8 Å². The van der Waals surface area contributed by atoms with Crippen molar-refractivity contribution >= 4 is 40.8 Å². The zero-order valence-corrected chi connectivity index (χ0v) is 21.1. The Bertz CT molecular complexity index is 1120. The number of likely N-dealkylation sites (tertiary alicyclic amines) is 1. The van der Waals surface area contributed by atoms with Crippen LogP contribution in [0.15, 0.2) is 29.8 Å². The van der Waals surface area contributed by atoms with Gasteiger partial charge in [0.2, 0.25) is 5.91 Å². The number of carbonyl (C=O) groups excluding carboxylic acids is 4. The van der Waals surface area contributed by atoms with Crippen molar-refractivity contribution in [3.05, 3.63) is 45.9 Å². The standard InChI is InChI=1S/C25H31N5O4S/c1-4-25(23(33)30(24(34)28-25)14-11-21-16(2)26-15-35-21)19-9-12-29(13-10-19)22(32)18-5-7-20(8-6-18)27-17(3)31/h5-8,15,19H,4,9-14H2,1-3H3,(H,27,31)(H,28,34)/t25-/m0/s1. The minimum absolute atomic E-state index is 0.0368. The lowest BCUT2D eigenvalue weighted by atomic mass is 9.75. The van der Waals surface area contributed by atoms with E-state index in [0.717, 1.165) is 10.6 Å². The molecule has 1 aromatic heterocycles. The van der Waals surface area contributed by atoms with E-state index >= 15 is 0 Å². The Hall–Kier alpha value is -3.27. The summed E-state index contributed by atoms with van der Waals surface area (Å²) in [7, 11) is 0. The number of carbonyl (C=O) groups is 4. The van der Waals surface area contributed by atoms with Crippen LogP contribution in [0.1, 0.15) is 54.0 Å². The number of rotatable bonds is 7. The summed E-state index contributed by atoms with van der Waals surface area (Å²) in [6.07, 6.45) is 2.38. The summed E-state index contributed by atoms with van der Waals surface area (Å²) in [5, 5.41) is 5.71. The van der Waals surface area contributed by atoms with Crippen molar-refractivity contribution in [1.29, 1.82) is 0 Å². The van der Waals surface area contributed by atoms with Crippen LogP contribution in [0.25, 0.3) is 0 Å². The maximum Gasteiger partial charge on any atom is 0.325 e. The number of imide groups is 1. The van der Waals surface area contributed by atoms with Gasteiger partial charge in [-0.3, -0.25) is 19.3 Å². The van der Waals surface area contributed by atoms with Gasteiger partial charge in [0.25, 0.3) is 11.8 Å². The van der Waals surface area contributed by atoms with Crippen molar-refractivity contribution in [2.24, 2.45) is 5.92 Å².